The zero-order valence-corrected chi connectivity index (χ0v) is 17.0. The van der Waals surface area contributed by atoms with Crippen molar-refractivity contribution in [2.75, 3.05) is 27.2 Å². The summed E-state index contributed by atoms with van der Waals surface area (Å²) in [4.78, 5) is 13.5. The molecular weight excluding hydrogens is 344 g/mol. The van der Waals surface area contributed by atoms with E-state index in [-0.39, 0.29) is 0 Å². The van der Waals surface area contributed by atoms with E-state index in [2.05, 4.69) is 82.4 Å². The monoisotopic (exact) mass is 374 g/mol. The molecular formula is C24H30N4. The molecule has 3 aromatic rings. The number of likely N-dealkylation sites (N-methyl/N-ethyl adjacent to an activating group) is 2. The molecule has 2 heterocycles. The van der Waals surface area contributed by atoms with Gasteiger partial charge < -0.3 is 9.80 Å². The van der Waals surface area contributed by atoms with Gasteiger partial charge in [-0.15, -0.1) is 0 Å². The average Bonchev–Trinajstić information content (AvgIpc) is 2.72. The van der Waals surface area contributed by atoms with Gasteiger partial charge in [0.05, 0.1) is 0 Å². The Labute approximate surface area is 168 Å². The van der Waals surface area contributed by atoms with Crippen molar-refractivity contribution < 1.29 is 0 Å². The van der Waals surface area contributed by atoms with Crippen LogP contribution in [0.15, 0.2) is 73.1 Å². The number of hydrogen-bond donors (Lipinski definition) is 0. The molecule has 0 aliphatic carbocycles. The molecule has 0 atom stereocenters. The largest absolute Gasteiger partial charge is 0.302 e. The summed E-state index contributed by atoms with van der Waals surface area (Å²) < 4.78 is 0. The van der Waals surface area contributed by atoms with Crippen molar-refractivity contribution in [2.45, 2.75) is 25.9 Å². The van der Waals surface area contributed by atoms with E-state index < -0.39 is 0 Å². The molecule has 4 heteroatoms. The zero-order chi connectivity index (χ0) is 19.6. The van der Waals surface area contributed by atoms with Gasteiger partial charge in [-0.25, -0.2) is 0 Å². The van der Waals surface area contributed by atoms with Crippen molar-refractivity contribution in [2.24, 2.45) is 0 Å². The van der Waals surface area contributed by atoms with Gasteiger partial charge in [0.1, 0.15) is 0 Å². The van der Waals surface area contributed by atoms with Crippen LogP contribution < -0.4 is 0 Å². The molecule has 4 nitrogen and oxygen atoms in total. The van der Waals surface area contributed by atoms with E-state index in [4.69, 9.17) is 0 Å². The second-order valence-electron chi connectivity index (χ2n) is 7.44. The van der Waals surface area contributed by atoms with E-state index in [9.17, 15) is 0 Å². The van der Waals surface area contributed by atoms with Crippen molar-refractivity contribution in [3.63, 3.8) is 0 Å². The van der Waals surface area contributed by atoms with Gasteiger partial charge in [-0.05, 0) is 49.5 Å². The minimum atomic E-state index is 0.957. The molecule has 0 saturated heterocycles. The molecule has 0 amide bonds. The molecule has 28 heavy (non-hydrogen) atoms. The number of aromatic nitrogens is 2. The van der Waals surface area contributed by atoms with Crippen LogP contribution in [0.5, 0.6) is 0 Å². The average molecular weight is 375 g/mol. The van der Waals surface area contributed by atoms with E-state index in [1.54, 1.807) is 0 Å². The quantitative estimate of drug-likeness (QED) is 0.540. The molecule has 0 bridgehead atoms. The van der Waals surface area contributed by atoms with Crippen LogP contribution in [-0.4, -0.2) is 47.0 Å². The van der Waals surface area contributed by atoms with Gasteiger partial charge in [-0.3, -0.25) is 9.97 Å². The van der Waals surface area contributed by atoms with Gasteiger partial charge in [0.25, 0.3) is 0 Å². The van der Waals surface area contributed by atoms with E-state index in [1.807, 2.05) is 24.5 Å². The van der Waals surface area contributed by atoms with Crippen LogP contribution in [-0.2, 0) is 25.9 Å². The highest BCUT2D eigenvalue weighted by Gasteiger charge is 2.05. The molecule has 0 aliphatic heterocycles. The lowest BCUT2D eigenvalue weighted by Gasteiger charge is -2.19. The van der Waals surface area contributed by atoms with Crippen molar-refractivity contribution in [3.8, 4) is 0 Å². The van der Waals surface area contributed by atoms with Gasteiger partial charge in [-0.1, -0.05) is 36.4 Å². The van der Waals surface area contributed by atoms with Crippen LogP contribution in [0.1, 0.15) is 22.5 Å². The Kier molecular flexibility index (Phi) is 7.71. The molecule has 0 radical (unpaired) electrons. The van der Waals surface area contributed by atoms with Crippen LogP contribution in [0.2, 0.25) is 0 Å². The molecule has 2 aromatic heterocycles. The first-order chi connectivity index (χ1) is 13.7. The number of nitrogens with zero attached hydrogens (tertiary/aromatic N) is 4. The highest BCUT2D eigenvalue weighted by molar-refractivity contribution is 5.23. The molecule has 0 aliphatic rings. The fourth-order valence-corrected chi connectivity index (χ4v) is 3.31. The minimum absolute atomic E-state index is 0.957. The van der Waals surface area contributed by atoms with Crippen LogP contribution >= 0.6 is 0 Å². The lowest BCUT2D eigenvalue weighted by Crippen LogP contribution is -2.22. The number of pyridine rings is 2. The van der Waals surface area contributed by atoms with Crippen molar-refractivity contribution in [1.82, 2.24) is 19.8 Å². The van der Waals surface area contributed by atoms with Gasteiger partial charge in [0.15, 0.2) is 0 Å². The fraction of sp³-hybridized carbons (Fsp3) is 0.333. The van der Waals surface area contributed by atoms with Gasteiger partial charge in [0, 0.05) is 62.8 Å². The maximum atomic E-state index is 4.41. The Hall–Kier alpha value is -2.56. The topological polar surface area (TPSA) is 32.3 Å². The Morgan fingerprint density at radius 2 is 1.14 bits per heavy atom. The smallest absolute Gasteiger partial charge is 0.0416 e. The predicted octanol–water partition coefficient (Wildman–Crippen LogP) is 3.83. The third-order valence-corrected chi connectivity index (χ3v) is 4.85. The first-order valence-corrected chi connectivity index (χ1v) is 9.94. The summed E-state index contributed by atoms with van der Waals surface area (Å²) in [5, 5.41) is 0. The molecule has 0 fully saturated rings. The fourth-order valence-electron chi connectivity index (χ4n) is 3.31. The van der Waals surface area contributed by atoms with E-state index in [1.165, 1.54) is 11.1 Å². The first kappa shape index (κ1) is 20.2. The lowest BCUT2D eigenvalue weighted by atomic mass is 10.1. The predicted molar refractivity (Wildman–Crippen MR) is 115 cm³/mol. The van der Waals surface area contributed by atoms with Gasteiger partial charge >= 0.3 is 0 Å². The van der Waals surface area contributed by atoms with Crippen molar-refractivity contribution >= 4 is 0 Å². The molecule has 146 valence electrons. The van der Waals surface area contributed by atoms with Crippen LogP contribution in [0, 0.1) is 0 Å². The standard InChI is InChI=1S/C24H30N4/c1-27(16-12-23-10-3-5-14-25-23)19-21-8-7-9-22(18-21)20-28(2)17-13-24-11-4-6-15-26-24/h3-11,14-15,18H,12-13,16-17,19-20H2,1-2H3. The summed E-state index contributed by atoms with van der Waals surface area (Å²) in [6, 6.07) is 21.1. The normalized spacial score (nSPS) is 11.3. The minimum Gasteiger partial charge on any atom is -0.302 e. The van der Waals surface area contributed by atoms with Gasteiger partial charge in [-0.2, -0.15) is 0 Å². The molecule has 0 unspecified atom stereocenters. The van der Waals surface area contributed by atoms with Crippen molar-refractivity contribution in [3.05, 3.63) is 95.6 Å². The Morgan fingerprint density at radius 3 is 1.57 bits per heavy atom. The summed E-state index contributed by atoms with van der Waals surface area (Å²) in [5.41, 5.74) is 5.02. The third-order valence-electron chi connectivity index (χ3n) is 4.85. The molecule has 0 N–H and O–H groups in total. The van der Waals surface area contributed by atoms with E-state index >= 15 is 0 Å². The molecule has 0 spiro atoms. The second-order valence-corrected chi connectivity index (χ2v) is 7.44. The zero-order valence-electron chi connectivity index (χ0n) is 17.0. The van der Waals surface area contributed by atoms with Crippen LogP contribution in [0.3, 0.4) is 0 Å². The summed E-state index contributed by atoms with van der Waals surface area (Å²) in [5.74, 6) is 0. The first-order valence-electron chi connectivity index (χ1n) is 9.94. The number of hydrogen-bond acceptors (Lipinski definition) is 4. The maximum Gasteiger partial charge on any atom is 0.0416 e. The van der Waals surface area contributed by atoms with Crippen LogP contribution in [0.4, 0.5) is 0 Å². The summed E-state index contributed by atoms with van der Waals surface area (Å²) >= 11 is 0. The molecule has 3 rings (SSSR count). The SMILES string of the molecule is CN(CCc1ccccn1)Cc1cccc(CN(C)CCc2ccccn2)c1. The van der Waals surface area contributed by atoms with E-state index in [0.29, 0.717) is 0 Å². The summed E-state index contributed by atoms with van der Waals surface area (Å²) in [7, 11) is 4.35. The highest BCUT2D eigenvalue weighted by atomic mass is 15.1. The summed E-state index contributed by atoms with van der Waals surface area (Å²) in [6.45, 7) is 3.92. The maximum absolute atomic E-state index is 4.41. The van der Waals surface area contributed by atoms with Crippen LogP contribution in [0.25, 0.3) is 0 Å². The summed E-state index contributed by atoms with van der Waals surface area (Å²) in [6.07, 6.45) is 5.69. The van der Waals surface area contributed by atoms with Gasteiger partial charge in [0.2, 0.25) is 0 Å². The Balaban J connectivity index is 1.46. The van der Waals surface area contributed by atoms with Crippen molar-refractivity contribution in [1.29, 1.82) is 0 Å². The highest BCUT2D eigenvalue weighted by Crippen LogP contribution is 2.11. The number of rotatable bonds is 10. The second kappa shape index (κ2) is 10.7. The Morgan fingerprint density at radius 1 is 0.643 bits per heavy atom. The molecule has 1 aromatic carbocycles. The third kappa shape index (κ3) is 6.87. The lowest BCUT2D eigenvalue weighted by molar-refractivity contribution is 0.325. The number of benzene rings is 1. The Bertz CT molecular complexity index is 754. The van der Waals surface area contributed by atoms with E-state index in [0.717, 1.165) is 50.4 Å². The molecule has 0 saturated carbocycles.